The number of hydrogen-bond acceptors (Lipinski definition) is 5. The number of benzene rings is 3. The summed E-state index contributed by atoms with van der Waals surface area (Å²) in [6, 6.07) is 18.7. The van der Waals surface area contributed by atoms with Crippen molar-refractivity contribution in [3.8, 4) is 11.5 Å². The summed E-state index contributed by atoms with van der Waals surface area (Å²) in [6.07, 6.45) is 0.725. The number of amides is 2. The van der Waals surface area contributed by atoms with Gasteiger partial charge in [-0.05, 0) is 66.2 Å². The molecule has 7 nitrogen and oxygen atoms in total. The number of ether oxygens (including phenoxy) is 2. The molecule has 1 aliphatic heterocycles. The molecular formula is C27H26FN3O4S. The Bertz CT molecular complexity index is 1230. The Morgan fingerprint density at radius 2 is 1.58 bits per heavy atom. The Labute approximate surface area is 214 Å². The predicted molar refractivity (Wildman–Crippen MR) is 138 cm³/mol. The third kappa shape index (κ3) is 5.98. The normalized spacial score (nSPS) is 12.3. The number of carbonyl (C=O) groups excluding carboxylic acids is 2. The van der Waals surface area contributed by atoms with Crippen LogP contribution in [0.15, 0.2) is 66.7 Å². The zero-order valence-corrected chi connectivity index (χ0v) is 20.6. The maximum absolute atomic E-state index is 13.0. The van der Waals surface area contributed by atoms with Crippen molar-refractivity contribution in [2.45, 2.75) is 13.0 Å². The molecule has 0 atom stereocenters. The van der Waals surface area contributed by atoms with Crippen LogP contribution < -0.4 is 20.1 Å². The van der Waals surface area contributed by atoms with Crippen LogP contribution in [0.3, 0.4) is 0 Å². The van der Waals surface area contributed by atoms with Gasteiger partial charge >= 0.3 is 0 Å². The lowest BCUT2D eigenvalue weighted by Crippen LogP contribution is -2.35. The van der Waals surface area contributed by atoms with Crippen molar-refractivity contribution in [3.05, 3.63) is 94.8 Å². The van der Waals surface area contributed by atoms with Crippen LogP contribution in [0, 0.1) is 5.82 Å². The Kier molecular flexibility index (Phi) is 8.12. The Morgan fingerprint density at radius 3 is 2.25 bits per heavy atom. The average molecular weight is 508 g/mol. The first-order valence-corrected chi connectivity index (χ1v) is 11.9. The summed E-state index contributed by atoms with van der Waals surface area (Å²) in [4.78, 5) is 26.2. The first-order chi connectivity index (χ1) is 17.5. The molecule has 9 heteroatoms. The number of nitrogens with zero attached hydrogens (tertiary/aromatic N) is 1. The number of imide groups is 1. The standard InChI is InChI=1S/C27H26FN3O4S/c1-34-24-16-19(17-30-27(36)29-13-12-18-6-9-20(28)10-7-18)8-11-23(24)35-15-14-31-25(32)21-4-2-3-5-22(21)26(31)33/h2-11,16H,12-15,17H2,1H3,(H2,29,30,36). The van der Waals surface area contributed by atoms with E-state index in [1.165, 1.54) is 17.0 Å². The van der Waals surface area contributed by atoms with Crippen LogP contribution in [0.5, 0.6) is 11.5 Å². The van der Waals surface area contributed by atoms with Gasteiger partial charge < -0.3 is 20.1 Å². The van der Waals surface area contributed by atoms with Gasteiger partial charge in [0.1, 0.15) is 12.4 Å². The lowest BCUT2D eigenvalue weighted by molar-refractivity contribution is 0.0631. The van der Waals surface area contributed by atoms with Crippen LogP contribution in [0.1, 0.15) is 31.8 Å². The topological polar surface area (TPSA) is 79.9 Å². The number of rotatable bonds is 10. The summed E-state index contributed by atoms with van der Waals surface area (Å²) in [6.45, 7) is 1.38. The molecule has 0 spiro atoms. The largest absolute Gasteiger partial charge is 0.493 e. The highest BCUT2D eigenvalue weighted by Crippen LogP contribution is 2.28. The number of carbonyl (C=O) groups is 2. The molecule has 4 rings (SSSR count). The summed E-state index contributed by atoms with van der Waals surface area (Å²) in [5.74, 6) is 0.174. The lowest BCUT2D eigenvalue weighted by atomic mass is 10.1. The van der Waals surface area contributed by atoms with Gasteiger partial charge in [-0.15, -0.1) is 0 Å². The molecule has 2 N–H and O–H groups in total. The van der Waals surface area contributed by atoms with Crippen molar-refractivity contribution in [3.63, 3.8) is 0 Å². The van der Waals surface area contributed by atoms with Crippen molar-refractivity contribution in [1.29, 1.82) is 0 Å². The van der Waals surface area contributed by atoms with E-state index in [1.807, 2.05) is 12.1 Å². The molecule has 3 aromatic carbocycles. The molecule has 2 amide bonds. The second-order valence-electron chi connectivity index (χ2n) is 8.13. The van der Waals surface area contributed by atoms with E-state index in [4.69, 9.17) is 21.7 Å². The van der Waals surface area contributed by atoms with Crippen LogP contribution in [0.2, 0.25) is 0 Å². The van der Waals surface area contributed by atoms with E-state index in [0.29, 0.717) is 40.8 Å². The summed E-state index contributed by atoms with van der Waals surface area (Å²) < 4.78 is 24.3. The summed E-state index contributed by atoms with van der Waals surface area (Å²) in [5.41, 5.74) is 2.79. The minimum absolute atomic E-state index is 0.136. The molecule has 186 valence electrons. The molecule has 0 radical (unpaired) electrons. The fourth-order valence-electron chi connectivity index (χ4n) is 3.85. The van der Waals surface area contributed by atoms with Crippen LogP contribution >= 0.6 is 12.2 Å². The van der Waals surface area contributed by atoms with Gasteiger partial charge in [0.25, 0.3) is 11.8 Å². The van der Waals surface area contributed by atoms with Gasteiger partial charge in [-0.1, -0.05) is 30.3 Å². The molecule has 0 fully saturated rings. The van der Waals surface area contributed by atoms with Gasteiger partial charge in [-0.3, -0.25) is 14.5 Å². The number of nitrogens with one attached hydrogen (secondary N) is 2. The molecule has 0 aliphatic carbocycles. The quantitative estimate of drug-likeness (QED) is 0.320. The van der Waals surface area contributed by atoms with E-state index in [2.05, 4.69) is 10.6 Å². The van der Waals surface area contributed by atoms with Crippen molar-refractivity contribution in [2.24, 2.45) is 0 Å². The van der Waals surface area contributed by atoms with Gasteiger partial charge in [0, 0.05) is 13.1 Å². The second-order valence-corrected chi connectivity index (χ2v) is 8.54. The van der Waals surface area contributed by atoms with Gasteiger partial charge in [-0.2, -0.15) is 0 Å². The molecule has 3 aromatic rings. The molecule has 0 bridgehead atoms. The summed E-state index contributed by atoms with van der Waals surface area (Å²) in [5, 5.41) is 6.79. The number of thiocarbonyl (C=S) groups is 1. The van der Waals surface area contributed by atoms with Crippen molar-refractivity contribution < 1.29 is 23.5 Å². The molecule has 0 aromatic heterocycles. The van der Waals surface area contributed by atoms with E-state index in [1.54, 1.807) is 49.6 Å². The fraction of sp³-hybridized carbons (Fsp3) is 0.222. The molecule has 1 heterocycles. The monoisotopic (exact) mass is 507 g/mol. The highest BCUT2D eigenvalue weighted by Gasteiger charge is 2.34. The molecule has 36 heavy (non-hydrogen) atoms. The summed E-state index contributed by atoms with van der Waals surface area (Å²) in [7, 11) is 1.55. The van der Waals surface area contributed by atoms with Gasteiger partial charge in [0.2, 0.25) is 0 Å². The van der Waals surface area contributed by atoms with Gasteiger partial charge in [0.15, 0.2) is 16.6 Å². The molecule has 0 saturated carbocycles. The van der Waals surface area contributed by atoms with Crippen LogP contribution in [0.4, 0.5) is 4.39 Å². The smallest absolute Gasteiger partial charge is 0.261 e. The van der Waals surface area contributed by atoms with Gasteiger partial charge in [-0.25, -0.2) is 4.39 Å². The van der Waals surface area contributed by atoms with E-state index < -0.39 is 0 Å². The van der Waals surface area contributed by atoms with Crippen molar-refractivity contribution >= 4 is 29.1 Å². The highest BCUT2D eigenvalue weighted by atomic mass is 32.1. The minimum Gasteiger partial charge on any atom is -0.493 e. The SMILES string of the molecule is COc1cc(CNC(=S)NCCc2ccc(F)cc2)ccc1OCCN1C(=O)c2ccccc2C1=O. The van der Waals surface area contributed by atoms with E-state index in [0.717, 1.165) is 17.5 Å². The van der Waals surface area contributed by atoms with E-state index >= 15 is 0 Å². The van der Waals surface area contributed by atoms with Crippen LogP contribution in [-0.2, 0) is 13.0 Å². The minimum atomic E-state index is -0.310. The molecule has 1 aliphatic rings. The first kappa shape index (κ1) is 25.1. The van der Waals surface area contributed by atoms with Crippen molar-refractivity contribution in [1.82, 2.24) is 15.5 Å². The third-order valence-corrected chi connectivity index (χ3v) is 6.03. The number of fused-ring (bicyclic) bond motifs is 1. The van der Waals surface area contributed by atoms with Crippen LogP contribution in [0.25, 0.3) is 0 Å². The number of methoxy groups -OCH3 is 1. The predicted octanol–water partition coefficient (Wildman–Crippen LogP) is 3.72. The lowest BCUT2D eigenvalue weighted by Gasteiger charge is -2.16. The van der Waals surface area contributed by atoms with Crippen LogP contribution in [-0.4, -0.2) is 48.6 Å². The molecular weight excluding hydrogens is 481 g/mol. The molecule has 0 saturated heterocycles. The second kappa shape index (κ2) is 11.6. The number of hydrogen-bond donors (Lipinski definition) is 2. The third-order valence-electron chi connectivity index (χ3n) is 5.74. The maximum Gasteiger partial charge on any atom is 0.261 e. The fourth-order valence-corrected chi connectivity index (χ4v) is 4.02. The Balaban J connectivity index is 1.23. The Hall–Kier alpha value is -3.98. The Morgan fingerprint density at radius 1 is 0.917 bits per heavy atom. The zero-order chi connectivity index (χ0) is 25.5. The zero-order valence-electron chi connectivity index (χ0n) is 19.8. The highest BCUT2D eigenvalue weighted by molar-refractivity contribution is 7.80. The first-order valence-electron chi connectivity index (χ1n) is 11.5. The average Bonchev–Trinajstić information content (AvgIpc) is 3.14. The van der Waals surface area contributed by atoms with Crippen molar-refractivity contribution in [2.75, 3.05) is 26.8 Å². The number of halogens is 1. The summed E-state index contributed by atoms with van der Waals surface area (Å²) >= 11 is 5.33. The maximum atomic E-state index is 13.0. The van der Waals surface area contributed by atoms with E-state index in [9.17, 15) is 14.0 Å². The molecule has 0 unspecified atom stereocenters. The van der Waals surface area contributed by atoms with E-state index in [-0.39, 0.29) is 30.8 Å². The van der Waals surface area contributed by atoms with Gasteiger partial charge in [0.05, 0.1) is 24.8 Å².